The SMILES string of the molecule is O=C(OCC(Cl)(Cl)Cl)N1C2CCC1CC(Sc1ccccc1)C2. The zero-order valence-electron chi connectivity index (χ0n) is 12.5. The molecule has 2 aliphatic heterocycles. The summed E-state index contributed by atoms with van der Waals surface area (Å²) < 4.78 is 3.61. The molecule has 3 nitrogen and oxygen atoms in total. The van der Waals surface area contributed by atoms with Gasteiger partial charge in [0.05, 0.1) is 0 Å². The quantitative estimate of drug-likeness (QED) is 0.653. The van der Waals surface area contributed by atoms with Crippen molar-refractivity contribution >= 4 is 52.7 Å². The van der Waals surface area contributed by atoms with E-state index in [0.29, 0.717) is 5.25 Å². The Labute approximate surface area is 155 Å². The van der Waals surface area contributed by atoms with Crippen LogP contribution in [0.2, 0.25) is 0 Å². The molecule has 2 saturated heterocycles. The molecule has 2 aliphatic rings. The molecule has 0 aliphatic carbocycles. The fraction of sp³-hybridized carbons (Fsp3) is 0.562. The number of piperidine rings is 1. The Balaban J connectivity index is 1.58. The zero-order chi connectivity index (χ0) is 16.4. The van der Waals surface area contributed by atoms with E-state index < -0.39 is 3.79 Å². The van der Waals surface area contributed by atoms with Gasteiger partial charge in [0, 0.05) is 22.2 Å². The number of nitrogens with zero attached hydrogens (tertiary/aromatic N) is 1. The second kappa shape index (κ2) is 7.30. The van der Waals surface area contributed by atoms with Gasteiger partial charge in [-0.2, -0.15) is 0 Å². The number of hydrogen-bond donors (Lipinski definition) is 0. The summed E-state index contributed by atoms with van der Waals surface area (Å²) in [7, 11) is 0. The normalized spacial score (nSPS) is 27.1. The maximum Gasteiger partial charge on any atom is 0.410 e. The zero-order valence-corrected chi connectivity index (χ0v) is 15.5. The number of rotatable bonds is 3. The Morgan fingerprint density at radius 2 is 1.78 bits per heavy atom. The maximum atomic E-state index is 12.3. The van der Waals surface area contributed by atoms with Gasteiger partial charge in [0.15, 0.2) is 0 Å². The first kappa shape index (κ1) is 17.5. The topological polar surface area (TPSA) is 29.5 Å². The van der Waals surface area contributed by atoms with Crippen LogP contribution in [0.3, 0.4) is 0 Å². The minimum absolute atomic E-state index is 0.214. The van der Waals surface area contributed by atoms with Crippen LogP contribution < -0.4 is 0 Å². The first-order valence-electron chi connectivity index (χ1n) is 7.66. The van der Waals surface area contributed by atoms with Gasteiger partial charge >= 0.3 is 6.09 Å². The van der Waals surface area contributed by atoms with Crippen LogP contribution in [0.4, 0.5) is 4.79 Å². The van der Waals surface area contributed by atoms with Gasteiger partial charge in [-0.05, 0) is 37.8 Å². The molecule has 2 heterocycles. The number of thioether (sulfide) groups is 1. The Morgan fingerprint density at radius 3 is 2.35 bits per heavy atom. The standard InChI is InChI=1S/C16H18Cl3NO2S/c17-16(18,19)10-22-15(21)20-11-6-7-12(20)9-14(8-11)23-13-4-2-1-3-5-13/h1-5,11-12,14H,6-10H2. The van der Waals surface area contributed by atoms with Crippen molar-refractivity contribution in [1.82, 2.24) is 4.90 Å². The van der Waals surface area contributed by atoms with Gasteiger partial charge in [0.2, 0.25) is 3.79 Å². The smallest absolute Gasteiger partial charge is 0.410 e. The molecule has 0 saturated carbocycles. The second-order valence-electron chi connectivity index (χ2n) is 5.99. The largest absolute Gasteiger partial charge is 0.445 e. The molecule has 0 N–H and O–H groups in total. The summed E-state index contributed by atoms with van der Waals surface area (Å²) in [6.45, 7) is -0.214. The average molecular weight is 395 g/mol. The molecule has 3 rings (SSSR count). The summed E-state index contributed by atoms with van der Waals surface area (Å²) in [5.74, 6) is 0. The van der Waals surface area contributed by atoms with Gasteiger partial charge in [-0.1, -0.05) is 53.0 Å². The Bertz CT molecular complexity index is 538. The second-order valence-corrected chi connectivity index (χ2v) is 9.88. The van der Waals surface area contributed by atoms with Crippen molar-refractivity contribution in [3.05, 3.63) is 30.3 Å². The van der Waals surface area contributed by atoms with E-state index in [9.17, 15) is 4.79 Å². The summed E-state index contributed by atoms with van der Waals surface area (Å²) >= 11 is 18.9. The molecule has 2 unspecified atom stereocenters. The lowest BCUT2D eigenvalue weighted by atomic mass is 10.0. The first-order chi connectivity index (χ1) is 10.9. The summed E-state index contributed by atoms with van der Waals surface area (Å²) in [5.41, 5.74) is 0. The lowest BCUT2D eigenvalue weighted by Crippen LogP contribution is -2.48. The van der Waals surface area contributed by atoms with E-state index >= 15 is 0 Å². The number of ether oxygens (including phenoxy) is 1. The molecule has 0 aromatic heterocycles. The summed E-state index contributed by atoms with van der Waals surface area (Å²) in [5, 5.41) is 0.534. The molecule has 1 aromatic carbocycles. The predicted molar refractivity (Wildman–Crippen MR) is 95.6 cm³/mol. The van der Waals surface area contributed by atoms with Crippen molar-refractivity contribution in [2.24, 2.45) is 0 Å². The van der Waals surface area contributed by atoms with Crippen molar-refractivity contribution in [2.75, 3.05) is 6.61 Å². The Hall–Kier alpha value is -0.290. The van der Waals surface area contributed by atoms with Crippen LogP contribution >= 0.6 is 46.6 Å². The van der Waals surface area contributed by atoms with Gasteiger partial charge in [-0.3, -0.25) is 0 Å². The van der Waals surface area contributed by atoms with Gasteiger partial charge < -0.3 is 9.64 Å². The number of benzene rings is 1. The fourth-order valence-electron chi connectivity index (χ4n) is 3.43. The molecule has 1 amide bonds. The summed E-state index contributed by atoms with van der Waals surface area (Å²) in [4.78, 5) is 15.4. The molecule has 1 aromatic rings. The van der Waals surface area contributed by atoms with E-state index in [4.69, 9.17) is 39.5 Å². The maximum absolute atomic E-state index is 12.3. The lowest BCUT2D eigenvalue weighted by molar-refractivity contribution is 0.0724. The van der Waals surface area contributed by atoms with Crippen LogP contribution in [0.25, 0.3) is 0 Å². The van der Waals surface area contributed by atoms with Gasteiger partial charge in [0.1, 0.15) is 6.61 Å². The van der Waals surface area contributed by atoms with E-state index in [1.165, 1.54) is 4.90 Å². The van der Waals surface area contributed by atoms with Crippen LogP contribution in [0, 0.1) is 0 Å². The lowest BCUT2D eigenvalue weighted by Gasteiger charge is -2.38. The number of carbonyl (C=O) groups is 1. The molecular weight excluding hydrogens is 377 g/mol. The molecule has 7 heteroatoms. The third-order valence-electron chi connectivity index (χ3n) is 4.31. The number of fused-ring (bicyclic) bond motifs is 2. The number of amides is 1. The number of alkyl halides is 3. The van der Waals surface area contributed by atoms with Crippen LogP contribution in [0.5, 0.6) is 0 Å². The van der Waals surface area contributed by atoms with Crippen molar-refractivity contribution in [2.45, 2.75) is 51.7 Å². The van der Waals surface area contributed by atoms with Crippen molar-refractivity contribution in [3.8, 4) is 0 Å². The average Bonchev–Trinajstić information content (AvgIpc) is 2.77. The van der Waals surface area contributed by atoms with Crippen LogP contribution in [-0.2, 0) is 4.74 Å². The molecule has 2 atom stereocenters. The monoisotopic (exact) mass is 393 g/mol. The van der Waals surface area contributed by atoms with Gasteiger partial charge in [0.25, 0.3) is 0 Å². The van der Waals surface area contributed by atoms with E-state index in [1.54, 1.807) is 0 Å². The van der Waals surface area contributed by atoms with E-state index in [0.717, 1.165) is 25.7 Å². The third kappa shape index (κ3) is 4.62. The molecule has 126 valence electrons. The summed E-state index contributed by atoms with van der Waals surface area (Å²) in [6.07, 6.45) is 3.67. The van der Waals surface area contributed by atoms with E-state index in [1.807, 2.05) is 22.7 Å². The highest BCUT2D eigenvalue weighted by molar-refractivity contribution is 8.00. The van der Waals surface area contributed by atoms with Crippen LogP contribution in [-0.4, -0.2) is 38.7 Å². The first-order valence-corrected chi connectivity index (χ1v) is 9.67. The van der Waals surface area contributed by atoms with Gasteiger partial charge in [-0.15, -0.1) is 11.8 Å². The van der Waals surface area contributed by atoms with Crippen LogP contribution in [0.1, 0.15) is 25.7 Å². The summed E-state index contributed by atoms with van der Waals surface area (Å²) in [6, 6.07) is 10.9. The van der Waals surface area contributed by atoms with E-state index in [-0.39, 0.29) is 24.8 Å². The highest BCUT2D eigenvalue weighted by Crippen LogP contribution is 2.42. The molecular formula is C16H18Cl3NO2S. The Kier molecular flexibility index (Phi) is 5.57. The molecule has 2 fully saturated rings. The third-order valence-corrected chi connectivity index (χ3v) is 5.90. The highest BCUT2D eigenvalue weighted by Gasteiger charge is 2.44. The predicted octanol–water partition coefficient (Wildman–Crippen LogP) is 5.28. The van der Waals surface area contributed by atoms with Crippen molar-refractivity contribution < 1.29 is 9.53 Å². The van der Waals surface area contributed by atoms with Crippen LogP contribution in [0.15, 0.2) is 35.2 Å². The van der Waals surface area contributed by atoms with Crippen molar-refractivity contribution in [1.29, 1.82) is 0 Å². The van der Waals surface area contributed by atoms with E-state index in [2.05, 4.69) is 24.3 Å². The highest BCUT2D eigenvalue weighted by atomic mass is 35.6. The van der Waals surface area contributed by atoms with Gasteiger partial charge in [-0.25, -0.2) is 4.79 Å². The number of carbonyl (C=O) groups excluding carboxylic acids is 1. The van der Waals surface area contributed by atoms with Crippen molar-refractivity contribution in [3.63, 3.8) is 0 Å². The minimum atomic E-state index is -1.56. The number of halogens is 3. The number of hydrogen-bond acceptors (Lipinski definition) is 3. The molecule has 0 spiro atoms. The molecule has 23 heavy (non-hydrogen) atoms. The molecule has 2 bridgehead atoms. The fourth-order valence-corrected chi connectivity index (χ4v) is 4.93. The minimum Gasteiger partial charge on any atom is -0.445 e. The Morgan fingerprint density at radius 1 is 1.17 bits per heavy atom. The molecule has 0 radical (unpaired) electrons.